The number of fused-ring (bicyclic) bond motifs is 1. The number of benzene rings is 2. The van der Waals surface area contributed by atoms with Crippen molar-refractivity contribution in [2.24, 2.45) is 0 Å². The number of alkyl halides is 3. The first-order valence-electron chi connectivity index (χ1n) is 13.4. The van der Waals surface area contributed by atoms with Gasteiger partial charge in [-0.2, -0.15) is 17.6 Å². The van der Waals surface area contributed by atoms with E-state index in [1.165, 1.54) is 16.8 Å². The highest BCUT2D eigenvalue weighted by molar-refractivity contribution is 6.00. The van der Waals surface area contributed by atoms with E-state index in [2.05, 4.69) is 10.1 Å². The van der Waals surface area contributed by atoms with Crippen molar-refractivity contribution >= 4 is 22.0 Å². The lowest BCUT2D eigenvalue weighted by molar-refractivity contribution is -0.122. The lowest BCUT2D eigenvalue weighted by atomic mass is 9.88. The van der Waals surface area contributed by atoms with Crippen LogP contribution >= 0.6 is 0 Å². The van der Waals surface area contributed by atoms with Crippen molar-refractivity contribution in [1.29, 1.82) is 0 Å². The van der Waals surface area contributed by atoms with E-state index >= 15 is 4.39 Å². The summed E-state index contributed by atoms with van der Waals surface area (Å²) >= 11 is 0. The Morgan fingerprint density at radius 3 is 2.45 bits per heavy atom. The van der Waals surface area contributed by atoms with Gasteiger partial charge in [0, 0.05) is 30.4 Å². The van der Waals surface area contributed by atoms with Gasteiger partial charge in [-0.05, 0) is 72.6 Å². The second kappa shape index (κ2) is 11.0. The summed E-state index contributed by atoms with van der Waals surface area (Å²) in [7, 11) is 0. The van der Waals surface area contributed by atoms with E-state index in [0.29, 0.717) is 53.3 Å². The minimum atomic E-state index is -4.48. The van der Waals surface area contributed by atoms with Gasteiger partial charge in [0.05, 0.1) is 23.9 Å². The van der Waals surface area contributed by atoms with Gasteiger partial charge in [-0.25, -0.2) is 9.67 Å². The molecule has 0 bridgehead atoms. The molecule has 2 aliphatic rings. The van der Waals surface area contributed by atoms with Gasteiger partial charge >= 0.3 is 6.18 Å². The molecule has 0 spiro atoms. The molecule has 2 aromatic heterocycles. The second-order valence-corrected chi connectivity index (χ2v) is 10.2. The van der Waals surface area contributed by atoms with Crippen LogP contribution in [0.2, 0.25) is 0 Å². The van der Waals surface area contributed by atoms with E-state index in [-0.39, 0.29) is 17.2 Å². The van der Waals surface area contributed by atoms with Crippen molar-refractivity contribution in [3.05, 3.63) is 95.4 Å². The molecule has 2 aromatic carbocycles. The van der Waals surface area contributed by atoms with Crippen LogP contribution < -0.4 is 4.74 Å². The second-order valence-electron chi connectivity index (χ2n) is 10.2. The molecule has 40 heavy (non-hydrogen) atoms. The van der Waals surface area contributed by atoms with E-state index in [4.69, 9.17) is 9.47 Å². The number of nitrogens with zero attached hydrogens (tertiary/aromatic N) is 3. The number of hydrogen-bond acceptors (Lipinski definition) is 4. The Hall–Kier alpha value is -3.72. The Labute approximate surface area is 229 Å². The van der Waals surface area contributed by atoms with E-state index < -0.39 is 18.5 Å². The first-order valence-corrected chi connectivity index (χ1v) is 13.4. The molecule has 1 radical (unpaired) electrons. The summed E-state index contributed by atoms with van der Waals surface area (Å²) < 4.78 is 70.2. The SMILES string of the molecule is Fc1nn(C2CCCCO2)c2ccc(/C(=C(\CC(F)(F)F)c3ccccc3)c3ccc(OC[C]4CC4)nc3)cc12. The zero-order valence-corrected chi connectivity index (χ0v) is 21.8. The summed E-state index contributed by atoms with van der Waals surface area (Å²) in [6, 6.07) is 16.8. The molecule has 9 heteroatoms. The largest absolute Gasteiger partial charge is 0.477 e. The van der Waals surface area contributed by atoms with E-state index in [1.54, 1.807) is 60.7 Å². The molecule has 1 aliphatic carbocycles. The number of halogens is 4. The quantitative estimate of drug-likeness (QED) is 0.165. The predicted octanol–water partition coefficient (Wildman–Crippen LogP) is 7.93. The summed E-state index contributed by atoms with van der Waals surface area (Å²) in [5.41, 5.74) is 2.25. The Morgan fingerprint density at radius 2 is 1.77 bits per heavy atom. The molecular weight excluding hydrogens is 522 g/mol. The highest BCUT2D eigenvalue weighted by Gasteiger charge is 2.32. The Kier molecular flexibility index (Phi) is 7.31. The van der Waals surface area contributed by atoms with Crippen LogP contribution in [-0.4, -0.2) is 34.2 Å². The molecule has 2 fully saturated rings. The fraction of sp³-hybridized carbons (Fsp3) is 0.323. The van der Waals surface area contributed by atoms with E-state index in [1.807, 2.05) is 0 Å². The van der Waals surface area contributed by atoms with Crippen molar-refractivity contribution < 1.29 is 27.0 Å². The molecule has 207 valence electrons. The molecule has 4 aromatic rings. The molecule has 1 unspecified atom stereocenters. The van der Waals surface area contributed by atoms with Crippen LogP contribution in [-0.2, 0) is 4.74 Å². The van der Waals surface area contributed by atoms with Crippen molar-refractivity contribution in [3.8, 4) is 5.88 Å². The lowest BCUT2D eigenvalue weighted by Crippen LogP contribution is -2.19. The average Bonchev–Trinajstić information content (AvgIpc) is 3.74. The number of hydrogen-bond donors (Lipinski definition) is 0. The standard InChI is InChI=1S/C31H28F4N3O2/c32-30-24-16-22(11-13-26(24)38(37-30)28-8-4-5-15-39-28)29(23-12-14-27(36-18-23)40-19-20-9-10-20)25(17-31(33,34)35)21-6-2-1-3-7-21/h1-3,6-7,11-14,16,18,28H,4-5,8-10,15,17,19H2/b29-25-. The smallest absolute Gasteiger partial charge is 0.393 e. The summed E-state index contributed by atoms with van der Waals surface area (Å²) in [6.07, 6.45) is 0.186. The molecule has 0 amide bonds. The maximum Gasteiger partial charge on any atom is 0.393 e. The van der Waals surface area contributed by atoms with Crippen LogP contribution in [0.25, 0.3) is 22.0 Å². The van der Waals surface area contributed by atoms with Crippen LogP contribution in [0.4, 0.5) is 17.6 Å². The molecular formula is C31H28F4N3O2. The van der Waals surface area contributed by atoms with Gasteiger partial charge in [0.25, 0.3) is 0 Å². The number of aromatic nitrogens is 3. The molecule has 5 nitrogen and oxygen atoms in total. The van der Waals surface area contributed by atoms with Crippen molar-refractivity contribution in [2.45, 2.75) is 50.9 Å². The molecule has 1 aliphatic heterocycles. The van der Waals surface area contributed by atoms with Gasteiger partial charge in [0.15, 0.2) is 6.23 Å². The zero-order valence-electron chi connectivity index (χ0n) is 21.8. The van der Waals surface area contributed by atoms with Crippen LogP contribution in [0.1, 0.15) is 61.4 Å². The molecule has 0 N–H and O–H groups in total. The minimum absolute atomic E-state index is 0.0693. The normalized spacial score (nSPS) is 18.6. The number of allylic oxidation sites excluding steroid dienone is 1. The highest BCUT2D eigenvalue weighted by Crippen LogP contribution is 2.41. The molecule has 3 heterocycles. The maximum atomic E-state index is 15.2. The van der Waals surface area contributed by atoms with Crippen molar-refractivity contribution in [2.75, 3.05) is 13.2 Å². The van der Waals surface area contributed by atoms with Gasteiger partial charge in [-0.3, -0.25) is 0 Å². The predicted molar refractivity (Wildman–Crippen MR) is 144 cm³/mol. The third-order valence-electron chi connectivity index (χ3n) is 7.23. The van der Waals surface area contributed by atoms with Crippen molar-refractivity contribution in [3.63, 3.8) is 0 Å². The number of rotatable bonds is 8. The summed E-state index contributed by atoms with van der Waals surface area (Å²) in [4.78, 5) is 4.38. The lowest BCUT2D eigenvalue weighted by Gasteiger charge is -2.23. The number of ether oxygens (including phenoxy) is 2. The van der Waals surface area contributed by atoms with Crippen LogP contribution in [0.15, 0.2) is 66.9 Å². The van der Waals surface area contributed by atoms with Crippen LogP contribution in [0.3, 0.4) is 0 Å². The molecule has 1 saturated heterocycles. The van der Waals surface area contributed by atoms with Crippen LogP contribution in [0, 0.1) is 11.9 Å². The maximum absolute atomic E-state index is 15.2. The summed E-state index contributed by atoms with van der Waals surface area (Å²) in [5.74, 6) is 1.01. The molecule has 6 rings (SSSR count). The fourth-order valence-electron chi connectivity index (χ4n) is 5.11. The molecule has 1 saturated carbocycles. The van der Waals surface area contributed by atoms with Gasteiger partial charge in [-0.15, -0.1) is 5.10 Å². The van der Waals surface area contributed by atoms with Gasteiger partial charge in [-0.1, -0.05) is 36.4 Å². The van der Waals surface area contributed by atoms with Gasteiger partial charge in [0.2, 0.25) is 11.8 Å². The Balaban J connectivity index is 1.49. The third-order valence-corrected chi connectivity index (χ3v) is 7.23. The van der Waals surface area contributed by atoms with Crippen LogP contribution in [0.5, 0.6) is 5.88 Å². The fourth-order valence-corrected chi connectivity index (χ4v) is 5.11. The third kappa shape index (κ3) is 5.89. The first-order chi connectivity index (χ1) is 19.4. The summed E-state index contributed by atoms with van der Waals surface area (Å²) in [5, 5.41) is 4.32. The Bertz CT molecular complexity index is 1500. The van der Waals surface area contributed by atoms with E-state index in [9.17, 15) is 13.2 Å². The first kappa shape index (κ1) is 26.5. The Morgan fingerprint density at radius 1 is 0.975 bits per heavy atom. The topological polar surface area (TPSA) is 49.2 Å². The number of pyridine rings is 1. The zero-order chi connectivity index (χ0) is 27.7. The van der Waals surface area contributed by atoms with Gasteiger partial charge < -0.3 is 9.47 Å². The average molecular weight is 551 g/mol. The van der Waals surface area contributed by atoms with Crippen molar-refractivity contribution in [1.82, 2.24) is 14.8 Å². The monoisotopic (exact) mass is 550 g/mol. The summed E-state index contributed by atoms with van der Waals surface area (Å²) in [6.45, 7) is 1.06. The van der Waals surface area contributed by atoms with Gasteiger partial charge in [0.1, 0.15) is 0 Å². The minimum Gasteiger partial charge on any atom is -0.477 e. The highest BCUT2D eigenvalue weighted by atomic mass is 19.4. The molecule has 1 atom stereocenters. The van der Waals surface area contributed by atoms with E-state index in [0.717, 1.165) is 25.7 Å².